The zero-order chi connectivity index (χ0) is 19.0. The van der Waals surface area contributed by atoms with Crippen molar-refractivity contribution in [1.82, 2.24) is 19.6 Å². The Kier molecular flexibility index (Phi) is 4.80. The van der Waals surface area contributed by atoms with E-state index in [1.54, 1.807) is 7.05 Å². The Morgan fingerprint density at radius 3 is 2.00 bits per heavy atom. The van der Waals surface area contributed by atoms with Crippen molar-refractivity contribution in [3.8, 4) is 0 Å². The van der Waals surface area contributed by atoms with Gasteiger partial charge in [0.15, 0.2) is 0 Å². The van der Waals surface area contributed by atoms with Crippen LogP contribution in [0.4, 0.5) is 4.79 Å². The lowest BCUT2D eigenvalue weighted by Gasteiger charge is -2.41. The number of carbonyl (C=O) groups is 4. The van der Waals surface area contributed by atoms with Gasteiger partial charge in [-0.3, -0.25) is 24.2 Å². The lowest BCUT2D eigenvalue weighted by Crippen LogP contribution is -2.53. The topological polar surface area (TPSA) is 101 Å². The van der Waals surface area contributed by atoms with E-state index in [9.17, 15) is 24.3 Å². The summed E-state index contributed by atoms with van der Waals surface area (Å²) in [5, 5.41) is 10.2. The minimum absolute atomic E-state index is 0.204. The van der Waals surface area contributed by atoms with Gasteiger partial charge in [0, 0.05) is 28.2 Å². The molecule has 2 unspecified atom stereocenters. The van der Waals surface area contributed by atoms with Crippen LogP contribution in [0.15, 0.2) is 36.2 Å². The van der Waals surface area contributed by atoms with Gasteiger partial charge in [0.2, 0.25) is 5.91 Å². The molecule has 2 aliphatic heterocycles. The molecule has 2 fully saturated rings. The number of aliphatic hydroxyl groups is 1. The number of hydrogen-bond donors (Lipinski definition) is 1. The maximum Gasteiger partial charge on any atom is 0.333 e. The van der Waals surface area contributed by atoms with Gasteiger partial charge in [0.25, 0.3) is 11.8 Å². The summed E-state index contributed by atoms with van der Waals surface area (Å²) in [5.41, 5.74) is -0.204. The summed E-state index contributed by atoms with van der Waals surface area (Å²) in [6.07, 6.45) is 2.87. The lowest BCUT2D eigenvalue weighted by atomic mass is 10.0. The number of hydrogen-bond acceptors (Lipinski definition) is 6. The molecule has 1 N–H and O–H groups in total. The number of amides is 5. The van der Waals surface area contributed by atoms with Crippen LogP contribution in [0, 0.1) is 5.92 Å². The second-order valence-electron chi connectivity index (χ2n) is 5.84. The monoisotopic (exact) mass is 348 g/mol. The molecule has 0 aromatic rings. The predicted molar refractivity (Wildman–Crippen MR) is 87.3 cm³/mol. The van der Waals surface area contributed by atoms with Crippen LogP contribution in [0.2, 0.25) is 0 Å². The van der Waals surface area contributed by atoms with Crippen LogP contribution in [0.25, 0.3) is 0 Å². The van der Waals surface area contributed by atoms with Crippen LogP contribution in [0.3, 0.4) is 0 Å². The average Bonchev–Trinajstić information content (AvgIpc) is 2.60. The Morgan fingerprint density at radius 1 is 0.960 bits per heavy atom. The molecular formula is C16H20N4O5. The van der Waals surface area contributed by atoms with Crippen molar-refractivity contribution < 1.29 is 24.3 Å². The molecule has 2 saturated heterocycles. The highest BCUT2D eigenvalue weighted by Gasteiger charge is 2.39. The summed E-state index contributed by atoms with van der Waals surface area (Å²) < 4.78 is 0. The number of aliphatic hydroxyl groups excluding tert-OH is 1. The van der Waals surface area contributed by atoms with E-state index in [0.29, 0.717) is 5.82 Å². The molecule has 0 aliphatic carbocycles. The number of allylic oxidation sites excluding steroid dienone is 2. The number of barbiturate groups is 1. The van der Waals surface area contributed by atoms with Crippen molar-refractivity contribution in [3.05, 3.63) is 36.2 Å². The van der Waals surface area contributed by atoms with Crippen LogP contribution >= 0.6 is 0 Å². The first-order chi connectivity index (χ1) is 11.6. The molecule has 0 radical (unpaired) electrons. The van der Waals surface area contributed by atoms with Gasteiger partial charge in [0.1, 0.15) is 23.5 Å². The number of likely N-dealkylation sites (N-methyl/N-ethyl adjacent to an activating group) is 2. The van der Waals surface area contributed by atoms with Gasteiger partial charge in [-0.2, -0.15) is 0 Å². The normalized spacial score (nSPS) is 25.6. The highest BCUT2D eigenvalue weighted by Crippen LogP contribution is 2.24. The molecule has 0 saturated carbocycles. The second-order valence-corrected chi connectivity index (χ2v) is 5.84. The predicted octanol–water partition coefficient (Wildman–Crippen LogP) is -0.671. The minimum atomic E-state index is -1.12. The molecule has 2 aliphatic rings. The van der Waals surface area contributed by atoms with Crippen molar-refractivity contribution in [1.29, 1.82) is 0 Å². The van der Waals surface area contributed by atoms with Gasteiger partial charge in [-0.1, -0.05) is 18.7 Å². The zero-order valence-electron chi connectivity index (χ0n) is 14.5. The minimum Gasteiger partial charge on any atom is -0.372 e. The molecule has 2 atom stereocenters. The van der Waals surface area contributed by atoms with Gasteiger partial charge in [-0.05, 0) is 6.08 Å². The Labute approximate surface area is 145 Å². The molecule has 9 nitrogen and oxygen atoms in total. The van der Waals surface area contributed by atoms with Crippen molar-refractivity contribution in [2.75, 3.05) is 28.2 Å². The first-order valence-electron chi connectivity index (χ1n) is 7.45. The van der Waals surface area contributed by atoms with Gasteiger partial charge in [-0.25, -0.2) is 4.79 Å². The van der Waals surface area contributed by atoms with E-state index in [0.717, 1.165) is 9.80 Å². The molecule has 5 amide bonds. The van der Waals surface area contributed by atoms with Crippen molar-refractivity contribution >= 4 is 23.8 Å². The molecule has 0 aromatic carbocycles. The fraction of sp³-hybridized carbons (Fsp3) is 0.375. The molecule has 0 aromatic heterocycles. The third kappa shape index (κ3) is 2.93. The second kappa shape index (κ2) is 6.52. The number of imide groups is 2. The average molecular weight is 348 g/mol. The van der Waals surface area contributed by atoms with Gasteiger partial charge < -0.3 is 14.9 Å². The van der Waals surface area contributed by atoms with Crippen molar-refractivity contribution in [3.63, 3.8) is 0 Å². The molecule has 25 heavy (non-hydrogen) atoms. The smallest absolute Gasteiger partial charge is 0.333 e. The van der Waals surface area contributed by atoms with Gasteiger partial charge >= 0.3 is 6.03 Å². The summed E-state index contributed by atoms with van der Waals surface area (Å²) in [5.74, 6) is -2.34. The quantitative estimate of drug-likeness (QED) is 0.525. The summed E-state index contributed by atoms with van der Waals surface area (Å²) >= 11 is 0. The Bertz CT molecular complexity index is 700. The van der Waals surface area contributed by atoms with Gasteiger partial charge in [-0.15, -0.1) is 0 Å². The standard InChI is InChI=1S/C16H20N4O5/c1-9-17(2)12(21)10(13(22)18(9)3)7-6-8-11-14(23)19(4)16(25)20(5)15(11)24/h6-8,10,12,21H,1H2,2-5H3/b7-6+. The lowest BCUT2D eigenvalue weighted by molar-refractivity contribution is -0.147. The van der Waals surface area contributed by atoms with E-state index < -0.39 is 30.0 Å². The Hall–Kier alpha value is -2.94. The molecule has 2 rings (SSSR count). The maximum absolute atomic E-state index is 12.3. The van der Waals surface area contributed by atoms with Crippen LogP contribution in [0.5, 0.6) is 0 Å². The first kappa shape index (κ1) is 18.4. The molecule has 0 bridgehead atoms. The van der Waals surface area contributed by atoms with E-state index in [1.807, 2.05) is 0 Å². The Morgan fingerprint density at radius 2 is 1.48 bits per heavy atom. The SMILES string of the molecule is C=C1N(C)C(=O)C(/C=C/C=C2C(=O)N(C)C(=O)N(C)C2=O)C(O)N1C. The fourth-order valence-corrected chi connectivity index (χ4v) is 2.56. The van der Waals surface area contributed by atoms with Crippen molar-refractivity contribution in [2.24, 2.45) is 5.92 Å². The van der Waals surface area contributed by atoms with E-state index >= 15 is 0 Å². The third-order valence-electron chi connectivity index (χ3n) is 4.35. The fourth-order valence-electron chi connectivity index (χ4n) is 2.56. The first-order valence-corrected chi connectivity index (χ1v) is 7.45. The largest absolute Gasteiger partial charge is 0.372 e. The van der Waals surface area contributed by atoms with Crippen LogP contribution in [0.1, 0.15) is 0 Å². The number of nitrogens with zero attached hydrogens (tertiary/aromatic N) is 4. The summed E-state index contributed by atoms with van der Waals surface area (Å²) in [7, 11) is 5.68. The number of carbonyl (C=O) groups excluding carboxylic acids is 4. The molecule has 2 heterocycles. The molecule has 0 spiro atoms. The van der Waals surface area contributed by atoms with E-state index in [1.165, 1.54) is 49.2 Å². The third-order valence-corrected chi connectivity index (χ3v) is 4.35. The highest BCUT2D eigenvalue weighted by molar-refractivity contribution is 6.28. The highest BCUT2D eigenvalue weighted by atomic mass is 16.3. The van der Waals surface area contributed by atoms with Crippen molar-refractivity contribution in [2.45, 2.75) is 6.23 Å². The van der Waals surface area contributed by atoms with Crippen LogP contribution < -0.4 is 0 Å². The number of urea groups is 1. The Balaban J connectivity index is 2.26. The molecule has 9 heteroatoms. The van der Waals surface area contributed by atoms with E-state index in [4.69, 9.17) is 0 Å². The summed E-state index contributed by atoms with van der Waals surface area (Å²) in [6, 6.07) is -0.712. The summed E-state index contributed by atoms with van der Waals surface area (Å²) in [4.78, 5) is 52.5. The maximum atomic E-state index is 12.3. The van der Waals surface area contributed by atoms with E-state index in [2.05, 4.69) is 6.58 Å². The molecular weight excluding hydrogens is 328 g/mol. The van der Waals surface area contributed by atoms with Crippen LogP contribution in [-0.2, 0) is 14.4 Å². The summed E-state index contributed by atoms with van der Waals surface area (Å²) in [6.45, 7) is 3.71. The zero-order valence-corrected chi connectivity index (χ0v) is 14.5. The van der Waals surface area contributed by atoms with Crippen LogP contribution in [-0.4, -0.2) is 82.9 Å². The van der Waals surface area contributed by atoms with Gasteiger partial charge in [0.05, 0.1) is 0 Å². The molecule has 134 valence electrons. The van der Waals surface area contributed by atoms with E-state index in [-0.39, 0.29) is 11.5 Å². The number of rotatable bonds is 2.